The quantitative estimate of drug-likeness (QED) is 0.579. The summed E-state index contributed by atoms with van der Waals surface area (Å²) in [7, 11) is 6.24. The second kappa shape index (κ2) is 7.55. The summed E-state index contributed by atoms with van der Waals surface area (Å²) in [4.78, 5) is 6.73. The Kier molecular flexibility index (Phi) is 6.02. The van der Waals surface area contributed by atoms with Crippen molar-refractivity contribution in [2.45, 2.75) is 49.4 Å². The van der Waals surface area contributed by atoms with E-state index in [-0.39, 0.29) is 0 Å². The Morgan fingerprint density at radius 1 is 1.30 bits per heavy atom. The summed E-state index contributed by atoms with van der Waals surface area (Å²) in [6, 6.07) is 1.23. The van der Waals surface area contributed by atoms with E-state index in [2.05, 4.69) is 40.9 Å². The number of likely N-dealkylation sites (N-methyl/N-ethyl adjacent to an activating group) is 1. The Hall–Kier alpha value is -0.420. The minimum atomic E-state index is 0.595. The fourth-order valence-electron chi connectivity index (χ4n) is 3.13. The van der Waals surface area contributed by atoms with Gasteiger partial charge in [-0.3, -0.25) is 4.99 Å². The van der Waals surface area contributed by atoms with Crippen LogP contribution in [0.2, 0.25) is 0 Å². The van der Waals surface area contributed by atoms with Crippen molar-refractivity contribution >= 4 is 17.7 Å². The number of nitrogens with zero attached hydrogens (tertiary/aromatic N) is 2. The Morgan fingerprint density at radius 2 is 2.05 bits per heavy atom. The standard InChI is InChI=1S/C15H30N4S/c1-16-15(18-12-7-8-13(9-12)20-4)17-10-14(19(2)3)11-5-6-11/h11-14H,5-10H2,1-4H3,(H2,16,17,18). The van der Waals surface area contributed by atoms with Crippen LogP contribution in [0.4, 0.5) is 0 Å². The highest BCUT2D eigenvalue weighted by molar-refractivity contribution is 7.99. The summed E-state index contributed by atoms with van der Waals surface area (Å²) in [6.07, 6.45) is 8.85. The van der Waals surface area contributed by atoms with Crippen LogP contribution in [-0.4, -0.2) is 62.1 Å². The molecule has 2 aliphatic carbocycles. The number of hydrogen-bond acceptors (Lipinski definition) is 3. The van der Waals surface area contributed by atoms with Crippen LogP contribution >= 0.6 is 11.8 Å². The van der Waals surface area contributed by atoms with E-state index in [0.29, 0.717) is 12.1 Å². The molecule has 0 saturated heterocycles. The third kappa shape index (κ3) is 4.55. The highest BCUT2D eigenvalue weighted by atomic mass is 32.2. The molecule has 0 radical (unpaired) electrons. The van der Waals surface area contributed by atoms with Gasteiger partial charge in [-0.2, -0.15) is 11.8 Å². The number of guanidine groups is 1. The molecule has 2 saturated carbocycles. The summed E-state index contributed by atoms with van der Waals surface area (Å²) in [5, 5.41) is 7.94. The monoisotopic (exact) mass is 298 g/mol. The molecule has 2 aliphatic rings. The Morgan fingerprint density at radius 3 is 2.55 bits per heavy atom. The van der Waals surface area contributed by atoms with E-state index in [1.807, 2.05) is 18.8 Å². The lowest BCUT2D eigenvalue weighted by Gasteiger charge is -2.26. The van der Waals surface area contributed by atoms with Crippen LogP contribution in [0, 0.1) is 5.92 Å². The summed E-state index contributed by atoms with van der Waals surface area (Å²) in [6.45, 7) is 0.996. The highest BCUT2D eigenvalue weighted by Crippen LogP contribution is 2.34. The molecule has 5 heteroatoms. The van der Waals surface area contributed by atoms with Crippen molar-refractivity contribution in [2.24, 2.45) is 10.9 Å². The second-order valence-corrected chi connectivity index (χ2v) is 7.47. The lowest BCUT2D eigenvalue weighted by molar-refractivity contribution is 0.263. The van der Waals surface area contributed by atoms with E-state index in [9.17, 15) is 0 Å². The summed E-state index contributed by atoms with van der Waals surface area (Å²) in [5.74, 6) is 1.85. The van der Waals surface area contributed by atoms with Gasteiger partial charge in [0.05, 0.1) is 0 Å². The average molecular weight is 299 g/mol. The molecule has 0 aromatic carbocycles. The second-order valence-electron chi connectivity index (χ2n) is 6.33. The zero-order chi connectivity index (χ0) is 14.5. The van der Waals surface area contributed by atoms with Gasteiger partial charge in [-0.1, -0.05) is 0 Å². The lowest BCUT2D eigenvalue weighted by atomic mass is 10.1. The fourth-order valence-corrected chi connectivity index (χ4v) is 3.92. The molecular weight excluding hydrogens is 268 g/mol. The SMILES string of the molecule is CN=C(NCC(C1CC1)N(C)C)NC1CCC(SC)C1. The molecular formula is C15H30N4S. The van der Waals surface area contributed by atoms with Gasteiger partial charge < -0.3 is 15.5 Å². The van der Waals surface area contributed by atoms with Gasteiger partial charge in [0.25, 0.3) is 0 Å². The molecule has 0 aliphatic heterocycles. The molecule has 4 nitrogen and oxygen atoms in total. The maximum Gasteiger partial charge on any atom is 0.191 e. The van der Waals surface area contributed by atoms with Gasteiger partial charge >= 0.3 is 0 Å². The predicted molar refractivity (Wildman–Crippen MR) is 89.6 cm³/mol. The number of nitrogens with one attached hydrogen (secondary N) is 2. The van der Waals surface area contributed by atoms with Crippen LogP contribution in [0.3, 0.4) is 0 Å². The zero-order valence-corrected chi connectivity index (χ0v) is 14.2. The van der Waals surface area contributed by atoms with Crippen LogP contribution in [0.15, 0.2) is 4.99 Å². The Labute approximate surface area is 128 Å². The first kappa shape index (κ1) is 16.0. The van der Waals surface area contributed by atoms with Crippen molar-refractivity contribution in [1.82, 2.24) is 15.5 Å². The van der Waals surface area contributed by atoms with Crippen LogP contribution in [0.5, 0.6) is 0 Å². The minimum absolute atomic E-state index is 0.595. The largest absolute Gasteiger partial charge is 0.355 e. The summed E-state index contributed by atoms with van der Waals surface area (Å²) >= 11 is 2.00. The third-order valence-electron chi connectivity index (χ3n) is 4.59. The van der Waals surface area contributed by atoms with Gasteiger partial charge in [0.1, 0.15) is 0 Å². The molecule has 20 heavy (non-hydrogen) atoms. The van der Waals surface area contributed by atoms with Gasteiger partial charge in [-0.25, -0.2) is 0 Å². The lowest BCUT2D eigenvalue weighted by Crippen LogP contribution is -2.48. The van der Waals surface area contributed by atoms with E-state index in [1.54, 1.807) is 0 Å². The van der Waals surface area contributed by atoms with E-state index < -0.39 is 0 Å². The number of rotatable bonds is 6. The van der Waals surface area contributed by atoms with E-state index in [0.717, 1.165) is 23.7 Å². The normalized spacial score (nSPS) is 28.8. The average Bonchev–Trinajstić information content (AvgIpc) is 3.16. The highest BCUT2D eigenvalue weighted by Gasteiger charge is 2.32. The van der Waals surface area contributed by atoms with E-state index in [4.69, 9.17) is 0 Å². The van der Waals surface area contributed by atoms with Crippen LogP contribution < -0.4 is 10.6 Å². The number of hydrogen-bond donors (Lipinski definition) is 2. The van der Waals surface area contributed by atoms with Crippen molar-refractivity contribution in [2.75, 3.05) is 33.9 Å². The molecule has 2 N–H and O–H groups in total. The van der Waals surface area contributed by atoms with Crippen molar-refractivity contribution in [3.63, 3.8) is 0 Å². The molecule has 2 fully saturated rings. The minimum Gasteiger partial charge on any atom is -0.355 e. The van der Waals surface area contributed by atoms with E-state index >= 15 is 0 Å². The zero-order valence-electron chi connectivity index (χ0n) is 13.4. The molecule has 0 aromatic rings. The van der Waals surface area contributed by atoms with Crippen LogP contribution in [-0.2, 0) is 0 Å². The molecule has 116 valence electrons. The van der Waals surface area contributed by atoms with Gasteiger partial charge in [0.2, 0.25) is 0 Å². The molecule has 3 atom stereocenters. The van der Waals surface area contributed by atoms with Crippen molar-refractivity contribution < 1.29 is 0 Å². The van der Waals surface area contributed by atoms with Gasteiger partial charge in [0, 0.05) is 30.9 Å². The smallest absolute Gasteiger partial charge is 0.191 e. The van der Waals surface area contributed by atoms with Gasteiger partial charge in [-0.15, -0.1) is 0 Å². The molecule has 0 spiro atoms. The van der Waals surface area contributed by atoms with Crippen LogP contribution in [0.25, 0.3) is 0 Å². The fraction of sp³-hybridized carbons (Fsp3) is 0.933. The third-order valence-corrected chi connectivity index (χ3v) is 5.69. The van der Waals surface area contributed by atoms with Crippen molar-refractivity contribution in [3.8, 4) is 0 Å². The Balaban J connectivity index is 1.75. The maximum absolute atomic E-state index is 4.38. The van der Waals surface area contributed by atoms with Crippen LogP contribution in [0.1, 0.15) is 32.1 Å². The van der Waals surface area contributed by atoms with Gasteiger partial charge in [0.15, 0.2) is 5.96 Å². The maximum atomic E-state index is 4.38. The number of thioether (sulfide) groups is 1. The topological polar surface area (TPSA) is 39.7 Å². The molecule has 0 bridgehead atoms. The van der Waals surface area contributed by atoms with E-state index in [1.165, 1.54) is 32.1 Å². The first-order valence-electron chi connectivity index (χ1n) is 7.80. The number of aliphatic imine (C=N–C) groups is 1. The van der Waals surface area contributed by atoms with Crippen molar-refractivity contribution in [3.05, 3.63) is 0 Å². The summed E-state index contributed by atoms with van der Waals surface area (Å²) < 4.78 is 0. The first-order valence-corrected chi connectivity index (χ1v) is 9.09. The first-order chi connectivity index (χ1) is 9.63. The predicted octanol–water partition coefficient (Wildman–Crippen LogP) is 1.78. The molecule has 0 aromatic heterocycles. The summed E-state index contributed by atoms with van der Waals surface area (Å²) in [5.41, 5.74) is 0. The molecule has 2 rings (SSSR count). The molecule has 0 amide bonds. The van der Waals surface area contributed by atoms with Crippen molar-refractivity contribution in [1.29, 1.82) is 0 Å². The molecule has 0 heterocycles. The molecule has 3 unspecified atom stereocenters. The van der Waals surface area contributed by atoms with Gasteiger partial charge in [-0.05, 0) is 58.4 Å². The Bertz CT molecular complexity index is 326.